The SMILES string of the molecule is COCc1cc([N+](=O)[O-])ccc1N1CC(C)OC(c2ccsc2)C1. The Kier molecular flexibility index (Phi) is 5.13. The van der Waals surface area contributed by atoms with Gasteiger partial charge in [0.25, 0.3) is 5.69 Å². The Morgan fingerprint density at radius 3 is 2.92 bits per heavy atom. The van der Waals surface area contributed by atoms with Gasteiger partial charge >= 0.3 is 0 Å². The highest BCUT2D eigenvalue weighted by Crippen LogP contribution is 2.33. The number of rotatable bonds is 5. The van der Waals surface area contributed by atoms with Crippen LogP contribution in [-0.4, -0.2) is 31.2 Å². The summed E-state index contributed by atoms with van der Waals surface area (Å²) < 4.78 is 11.3. The molecule has 2 unspecified atom stereocenters. The number of non-ortho nitro benzene ring substituents is 1. The van der Waals surface area contributed by atoms with Crippen molar-refractivity contribution in [2.45, 2.75) is 25.7 Å². The van der Waals surface area contributed by atoms with Crippen molar-refractivity contribution in [2.24, 2.45) is 0 Å². The van der Waals surface area contributed by atoms with Crippen molar-refractivity contribution in [3.05, 3.63) is 56.3 Å². The first-order valence-electron chi connectivity index (χ1n) is 7.77. The summed E-state index contributed by atoms with van der Waals surface area (Å²) in [5, 5.41) is 15.2. The maximum Gasteiger partial charge on any atom is 0.269 e. The van der Waals surface area contributed by atoms with Gasteiger partial charge in [-0.2, -0.15) is 11.3 Å². The minimum atomic E-state index is -0.376. The fourth-order valence-electron chi connectivity index (χ4n) is 3.06. The molecular weight excluding hydrogens is 328 g/mol. The van der Waals surface area contributed by atoms with Crippen molar-refractivity contribution in [3.63, 3.8) is 0 Å². The molecule has 24 heavy (non-hydrogen) atoms. The summed E-state index contributed by atoms with van der Waals surface area (Å²) in [6, 6.07) is 7.04. The zero-order valence-corrected chi connectivity index (χ0v) is 14.5. The van der Waals surface area contributed by atoms with Gasteiger partial charge < -0.3 is 14.4 Å². The number of methoxy groups -OCH3 is 1. The van der Waals surface area contributed by atoms with Gasteiger partial charge in [0.15, 0.2) is 0 Å². The van der Waals surface area contributed by atoms with E-state index < -0.39 is 0 Å². The standard InChI is InChI=1S/C17H20N2O4S/c1-12-8-18(9-17(23-12)13-5-6-24-11-13)16-4-3-15(19(20)21)7-14(16)10-22-2/h3-7,11-12,17H,8-10H2,1-2H3. The van der Waals surface area contributed by atoms with Gasteiger partial charge in [-0.25, -0.2) is 0 Å². The predicted octanol–water partition coefficient (Wildman–Crippen LogP) is 3.77. The first-order valence-corrected chi connectivity index (χ1v) is 8.71. The van der Waals surface area contributed by atoms with Gasteiger partial charge in [0.1, 0.15) is 6.10 Å². The van der Waals surface area contributed by atoms with Gasteiger partial charge in [0, 0.05) is 43.6 Å². The number of nitro benzene ring substituents is 1. The molecule has 1 aliphatic heterocycles. The third-order valence-electron chi connectivity index (χ3n) is 4.09. The van der Waals surface area contributed by atoms with Crippen molar-refractivity contribution in [3.8, 4) is 0 Å². The minimum Gasteiger partial charge on any atom is -0.380 e. The fourth-order valence-corrected chi connectivity index (χ4v) is 3.76. The van der Waals surface area contributed by atoms with Crippen LogP contribution in [0.1, 0.15) is 24.2 Å². The van der Waals surface area contributed by atoms with Gasteiger partial charge in [-0.1, -0.05) is 0 Å². The van der Waals surface area contributed by atoms with Crippen LogP contribution in [-0.2, 0) is 16.1 Å². The van der Waals surface area contributed by atoms with Crippen molar-refractivity contribution in [2.75, 3.05) is 25.1 Å². The summed E-state index contributed by atoms with van der Waals surface area (Å²) in [5.41, 5.74) is 3.05. The molecule has 2 aromatic rings. The number of hydrogen-bond acceptors (Lipinski definition) is 6. The second-order valence-corrected chi connectivity index (χ2v) is 6.68. The number of ether oxygens (including phenoxy) is 2. The molecule has 3 rings (SSSR count). The molecule has 128 valence electrons. The van der Waals surface area contributed by atoms with Crippen LogP contribution in [0.25, 0.3) is 0 Å². The lowest BCUT2D eigenvalue weighted by Gasteiger charge is -2.39. The molecule has 1 aliphatic rings. The zero-order chi connectivity index (χ0) is 17.1. The highest BCUT2D eigenvalue weighted by atomic mass is 32.1. The fraction of sp³-hybridized carbons (Fsp3) is 0.412. The second kappa shape index (κ2) is 7.29. The molecule has 6 nitrogen and oxygen atoms in total. The maximum absolute atomic E-state index is 11.0. The molecule has 2 heterocycles. The topological polar surface area (TPSA) is 64.8 Å². The Balaban J connectivity index is 1.90. The molecule has 1 aromatic heterocycles. The highest BCUT2D eigenvalue weighted by Gasteiger charge is 2.28. The summed E-state index contributed by atoms with van der Waals surface area (Å²) in [6.45, 7) is 3.85. The predicted molar refractivity (Wildman–Crippen MR) is 93.6 cm³/mol. The van der Waals surface area contributed by atoms with E-state index in [1.165, 1.54) is 5.56 Å². The lowest BCUT2D eigenvalue weighted by atomic mass is 10.1. The number of nitrogens with zero attached hydrogens (tertiary/aromatic N) is 2. The largest absolute Gasteiger partial charge is 0.380 e. The average Bonchev–Trinajstić information content (AvgIpc) is 3.09. The molecule has 2 atom stereocenters. The molecular formula is C17H20N2O4S. The van der Waals surface area contributed by atoms with Crippen LogP contribution in [0.3, 0.4) is 0 Å². The minimum absolute atomic E-state index is 0.00517. The lowest BCUT2D eigenvalue weighted by molar-refractivity contribution is -0.384. The molecule has 1 fully saturated rings. The van der Waals surface area contributed by atoms with Crippen molar-refractivity contribution >= 4 is 22.7 Å². The molecule has 0 spiro atoms. The number of hydrogen-bond donors (Lipinski definition) is 0. The number of thiophene rings is 1. The smallest absolute Gasteiger partial charge is 0.269 e. The Hall–Kier alpha value is -1.96. The van der Waals surface area contributed by atoms with Crippen LogP contribution >= 0.6 is 11.3 Å². The number of morpholine rings is 1. The third-order valence-corrected chi connectivity index (χ3v) is 4.79. The van der Waals surface area contributed by atoms with Crippen LogP contribution < -0.4 is 4.90 Å². The van der Waals surface area contributed by atoms with E-state index in [0.29, 0.717) is 6.61 Å². The Morgan fingerprint density at radius 1 is 1.42 bits per heavy atom. The molecule has 0 amide bonds. The molecule has 7 heteroatoms. The zero-order valence-electron chi connectivity index (χ0n) is 13.7. The van der Waals surface area contributed by atoms with Gasteiger partial charge in [0.05, 0.1) is 17.6 Å². The number of benzene rings is 1. The van der Waals surface area contributed by atoms with E-state index in [0.717, 1.165) is 24.3 Å². The van der Waals surface area contributed by atoms with E-state index in [1.807, 2.05) is 18.4 Å². The van der Waals surface area contributed by atoms with Crippen LogP contribution in [0.2, 0.25) is 0 Å². The van der Waals surface area contributed by atoms with Crippen molar-refractivity contribution < 1.29 is 14.4 Å². The summed E-state index contributed by atoms with van der Waals surface area (Å²) in [4.78, 5) is 12.9. The Morgan fingerprint density at radius 2 is 2.25 bits per heavy atom. The molecule has 0 radical (unpaired) electrons. The van der Waals surface area contributed by atoms with Gasteiger partial charge in [-0.15, -0.1) is 0 Å². The Bertz CT molecular complexity index is 705. The van der Waals surface area contributed by atoms with Crippen LogP contribution in [0.5, 0.6) is 0 Å². The summed E-state index contributed by atoms with van der Waals surface area (Å²) >= 11 is 1.65. The van der Waals surface area contributed by atoms with E-state index in [9.17, 15) is 10.1 Å². The van der Waals surface area contributed by atoms with E-state index in [2.05, 4.69) is 16.3 Å². The molecule has 0 N–H and O–H groups in total. The van der Waals surface area contributed by atoms with Crippen molar-refractivity contribution in [1.82, 2.24) is 0 Å². The van der Waals surface area contributed by atoms with E-state index >= 15 is 0 Å². The molecule has 0 aliphatic carbocycles. The average molecular weight is 348 g/mol. The summed E-state index contributed by atoms with van der Waals surface area (Å²) in [6.07, 6.45) is 0.0832. The third kappa shape index (κ3) is 3.58. The van der Waals surface area contributed by atoms with Crippen molar-refractivity contribution in [1.29, 1.82) is 0 Å². The summed E-state index contributed by atoms with van der Waals surface area (Å²) in [7, 11) is 1.60. The van der Waals surface area contributed by atoms with Crippen LogP contribution in [0.15, 0.2) is 35.0 Å². The Labute approximate surface area is 144 Å². The molecule has 1 saturated heterocycles. The number of nitro groups is 1. The quantitative estimate of drug-likeness (QED) is 0.608. The normalized spacial score (nSPS) is 21.0. The van der Waals surface area contributed by atoms with E-state index in [-0.39, 0.29) is 22.8 Å². The van der Waals surface area contributed by atoms with E-state index in [4.69, 9.17) is 9.47 Å². The van der Waals surface area contributed by atoms with Crippen LogP contribution in [0, 0.1) is 10.1 Å². The van der Waals surface area contributed by atoms with E-state index in [1.54, 1.807) is 30.6 Å². The second-order valence-electron chi connectivity index (χ2n) is 5.90. The molecule has 1 aromatic carbocycles. The first-order chi connectivity index (χ1) is 11.6. The molecule has 0 bridgehead atoms. The first kappa shape index (κ1) is 16.9. The number of anilines is 1. The van der Waals surface area contributed by atoms with Gasteiger partial charge in [0.2, 0.25) is 0 Å². The monoisotopic (exact) mass is 348 g/mol. The van der Waals surface area contributed by atoms with Crippen LogP contribution in [0.4, 0.5) is 11.4 Å². The van der Waals surface area contributed by atoms with Gasteiger partial charge in [-0.3, -0.25) is 10.1 Å². The summed E-state index contributed by atoms with van der Waals surface area (Å²) in [5.74, 6) is 0. The highest BCUT2D eigenvalue weighted by molar-refractivity contribution is 7.07. The molecule has 0 saturated carbocycles. The van der Waals surface area contributed by atoms with Gasteiger partial charge in [-0.05, 0) is 35.4 Å². The lowest BCUT2D eigenvalue weighted by Crippen LogP contribution is -2.43. The maximum atomic E-state index is 11.0.